The highest BCUT2D eigenvalue weighted by Gasteiger charge is 2.38. The van der Waals surface area contributed by atoms with Crippen LogP contribution >= 0.6 is 0 Å². The summed E-state index contributed by atoms with van der Waals surface area (Å²) >= 11 is 0. The van der Waals surface area contributed by atoms with Gasteiger partial charge in [-0.25, -0.2) is 0 Å². The zero-order chi connectivity index (χ0) is 18.3. The number of aromatic nitrogens is 2. The first-order chi connectivity index (χ1) is 12.6. The van der Waals surface area contributed by atoms with Crippen LogP contribution in [-0.2, 0) is 16.0 Å². The van der Waals surface area contributed by atoms with Crippen LogP contribution in [0.15, 0.2) is 48.8 Å². The van der Waals surface area contributed by atoms with Crippen molar-refractivity contribution in [3.8, 4) is 0 Å². The fourth-order valence-corrected chi connectivity index (χ4v) is 3.97. The van der Waals surface area contributed by atoms with Gasteiger partial charge in [0, 0.05) is 36.0 Å². The van der Waals surface area contributed by atoms with Crippen molar-refractivity contribution in [1.82, 2.24) is 9.55 Å². The van der Waals surface area contributed by atoms with Gasteiger partial charge in [0.05, 0.1) is 11.4 Å². The monoisotopic (exact) mass is 348 g/mol. The normalized spacial score (nSPS) is 17.8. The molecule has 1 aliphatic heterocycles. The van der Waals surface area contributed by atoms with E-state index >= 15 is 0 Å². The lowest BCUT2D eigenvalue weighted by Crippen LogP contribution is -2.34. The lowest BCUT2D eigenvalue weighted by Gasteiger charge is -2.30. The average molecular weight is 348 g/mol. The van der Waals surface area contributed by atoms with Crippen molar-refractivity contribution in [2.24, 2.45) is 5.92 Å². The third-order valence-corrected chi connectivity index (χ3v) is 5.15. The van der Waals surface area contributed by atoms with Gasteiger partial charge in [-0.05, 0) is 37.5 Å². The van der Waals surface area contributed by atoms with E-state index in [0.717, 1.165) is 34.1 Å². The van der Waals surface area contributed by atoms with Gasteiger partial charge in [0.2, 0.25) is 5.91 Å². The minimum absolute atomic E-state index is 0.0225. The van der Waals surface area contributed by atoms with Crippen molar-refractivity contribution in [3.05, 3.63) is 65.6 Å². The smallest absolute Gasteiger partial charge is 0.303 e. The second kappa shape index (κ2) is 6.41. The number of ether oxygens (including phenoxy) is 1. The second-order valence-corrected chi connectivity index (χ2v) is 6.72. The van der Waals surface area contributed by atoms with Gasteiger partial charge in [-0.3, -0.25) is 19.1 Å². The Morgan fingerprint density at radius 2 is 2.08 bits per heavy atom. The molecule has 0 aliphatic carbocycles. The Kier molecular flexibility index (Phi) is 4.07. The lowest BCUT2D eigenvalue weighted by molar-refractivity contribution is -0.149. The van der Waals surface area contributed by atoms with E-state index < -0.39 is 18.0 Å². The Hall–Kier alpha value is -2.95. The Morgan fingerprint density at radius 3 is 2.81 bits per heavy atom. The van der Waals surface area contributed by atoms with Crippen molar-refractivity contribution < 1.29 is 14.3 Å². The minimum Gasteiger partial charge on any atom is -0.457 e. The Balaban J connectivity index is 1.80. The molecule has 1 aromatic carbocycles. The number of benzene rings is 1. The van der Waals surface area contributed by atoms with Crippen molar-refractivity contribution in [1.29, 1.82) is 0 Å². The van der Waals surface area contributed by atoms with Gasteiger partial charge in [0.25, 0.3) is 0 Å². The summed E-state index contributed by atoms with van der Waals surface area (Å²) in [6.07, 6.45) is 4.12. The molecule has 0 amide bonds. The highest BCUT2D eigenvalue weighted by atomic mass is 16.5. The van der Waals surface area contributed by atoms with E-state index in [1.54, 1.807) is 18.5 Å². The van der Waals surface area contributed by atoms with Crippen LogP contribution in [0.4, 0.5) is 0 Å². The highest BCUT2D eigenvalue weighted by molar-refractivity contribution is 5.98. The summed E-state index contributed by atoms with van der Waals surface area (Å²) in [5, 5.41) is 1.10. The zero-order valence-corrected chi connectivity index (χ0v) is 14.8. The molecule has 2 aromatic heterocycles. The number of hydrogen-bond donors (Lipinski definition) is 0. The van der Waals surface area contributed by atoms with Crippen LogP contribution in [0.25, 0.3) is 10.9 Å². The fraction of sp³-hybridized carbons (Fsp3) is 0.286. The van der Waals surface area contributed by atoms with E-state index in [-0.39, 0.29) is 5.91 Å². The van der Waals surface area contributed by atoms with E-state index in [9.17, 15) is 9.59 Å². The molecule has 0 fully saturated rings. The van der Waals surface area contributed by atoms with Crippen molar-refractivity contribution in [2.45, 2.75) is 32.8 Å². The number of aryl methyl sites for hydroxylation is 1. The number of carbonyl (C=O) groups is 2. The van der Waals surface area contributed by atoms with Crippen LogP contribution in [0.2, 0.25) is 0 Å². The van der Waals surface area contributed by atoms with Crippen LogP contribution in [0.1, 0.15) is 41.1 Å². The highest BCUT2D eigenvalue weighted by Crippen LogP contribution is 2.38. The predicted octanol–water partition coefficient (Wildman–Crippen LogP) is 3.85. The molecule has 0 bridgehead atoms. The second-order valence-electron chi connectivity index (χ2n) is 6.72. The number of nitrogens with zero attached hydrogens (tertiary/aromatic N) is 2. The van der Waals surface area contributed by atoms with E-state index in [4.69, 9.17) is 4.74 Å². The Labute approximate surface area is 151 Å². The fourth-order valence-electron chi connectivity index (χ4n) is 3.97. The van der Waals surface area contributed by atoms with Crippen LogP contribution < -0.4 is 0 Å². The maximum absolute atomic E-state index is 13.4. The number of fused-ring (bicyclic) bond motifs is 3. The zero-order valence-electron chi connectivity index (χ0n) is 14.8. The minimum atomic E-state index is -0.622. The molecule has 2 unspecified atom stereocenters. The third kappa shape index (κ3) is 2.60. The van der Waals surface area contributed by atoms with Gasteiger partial charge < -0.3 is 4.74 Å². The molecule has 5 nitrogen and oxygen atoms in total. The number of hydrogen-bond acceptors (Lipinski definition) is 4. The van der Waals surface area contributed by atoms with Crippen LogP contribution in [0, 0.1) is 12.8 Å². The molecule has 0 N–H and O–H groups in total. The summed E-state index contributed by atoms with van der Waals surface area (Å²) in [6.45, 7) is 3.43. The van der Waals surface area contributed by atoms with Gasteiger partial charge in [0.1, 0.15) is 6.10 Å². The van der Waals surface area contributed by atoms with Crippen LogP contribution in [-0.4, -0.2) is 21.4 Å². The predicted molar refractivity (Wildman–Crippen MR) is 97.9 cm³/mol. The maximum Gasteiger partial charge on any atom is 0.303 e. The number of esters is 1. The van der Waals surface area contributed by atoms with Gasteiger partial charge in [0.15, 0.2) is 0 Å². The van der Waals surface area contributed by atoms with Crippen LogP contribution in [0.3, 0.4) is 0 Å². The summed E-state index contributed by atoms with van der Waals surface area (Å²) in [7, 11) is 0. The molecule has 4 rings (SSSR count). The molecular weight excluding hydrogens is 328 g/mol. The summed E-state index contributed by atoms with van der Waals surface area (Å²) < 4.78 is 7.38. The SMILES string of the molecule is CC(=O)OC(c1cccnc1)C1CCc2c(C)c3ccccc3n2C1=O. The number of rotatable bonds is 3. The molecule has 5 heteroatoms. The molecule has 3 aromatic rings. The van der Waals surface area contributed by atoms with E-state index in [1.165, 1.54) is 6.92 Å². The van der Waals surface area contributed by atoms with Gasteiger partial charge in [-0.2, -0.15) is 0 Å². The number of carbonyl (C=O) groups excluding carboxylic acids is 2. The molecule has 3 heterocycles. The molecule has 132 valence electrons. The van der Waals surface area contributed by atoms with E-state index in [2.05, 4.69) is 11.9 Å². The standard InChI is InChI=1S/C21H20N2O3/c1-13-16-7-3-4-8-19(16)23-18(13)10-9-17(21(23)25)20(26-14(2)24)15-6-5-11-22-12-15/h3-8,11-12,17,20H,9-10H2,1-2H3. The van der Waals surface area contributed by atoms with Gasteiger partial charge in [-0.15, -0.1) is 0 Å². The van der Waals surface area contributed by atoms with Crippen molar-refractivity contribution >= 4 is 22.8 Å². The topological polar surface area (TPSA) is 61.2 Å². The molecule has 0 radical (unpaired) electrons. The van der Waals surface area contributed by atoms with E-state index in [1.807, 2.05) is 34.9 Å². The average Bonchev–Trinajstić information content (AvgIpc) is 2.95. The lowest BCUT2D eigenvalue weighted by atomic mass is 9.87. The summed E-state index contributed by atoms with van der Waals surface area (Å²) in [5.74, 6) is -0.845. The first kappa shape index (κ1) is 16.5. The van der Waals surface area contributed by atoms with Gasteiger partial charge in [-0.1, -0.05) is 24.3 Å². The first-order valence-corrected chi connectivity index (χ1v) is 8.78. The molecule has 0 spiro atoms. The number of pyridine rings is 1. The largest absolute Gasteiger partial charge is 0.457 e. The summed E-state index contributed by atoms with van der Waals surface area (Å²) in [4.78, 5) is 29.2. The molecule has 2 atom stereocenters. The van der Waals surface area contributed by atoms with Crippen molar-refractivity contribution in [3.63, 3.8) is 0 Å². The summed E-state index contributed by atoms with van der Waals surface area (Å²) in [6, 6.07) is 11.6. The molecule has 26 heavy (non-hydrogen) atoms. The van der Waals surface area contributed by atoms with Crippen LogP contribution in [0.5, 0.6) is 0 Å². The maximum atomic E-state index is 13.4. The first-order valence-electron chi connectivity index (χ1n) is 8.78. The Morgan fingerprint density at radius 1 is 1.27 bits per heavy atom. The number of para-hydroxylation sites is 1. The molecule has 0 saturated carbocycles. The molecule has 0 saturated heterocycles. The molecule has 1 aliphatic rings. The summed E-state index contributed by atoms with van der Waals surface area (Å²) in [5.41, 5.74) is 3.87. The third-order valence-electron chi connectivity index (χ3n) is 5.15. The van der Waals surface area contributed by atoms with Gasteiger partial charge >= 0.3 is 5.97 Å². The van der Waals surface area contributed by atoms with E-state index in [0.29, 0.717) is 6.42 Å². The van der Waals surface area contributed by atoms with Crippen molar-refractivity contribution in [2.75, 3.05) is 0 Å². The quantitative estimate of drug-likeness (QED) is 0.675. The Bertz CT molecular complexity index is 991. The molecular formula is C21H20N2O3.